The molecule has 0 bridgehead atoms. The number of nitrogens with zero attached hydrogens (tertiary/aromatic N) is 1. The van der Waals surface area contributed by atoms with E-state index in [2.05, 4.69) is 21.4 Å². The van der Waals surface area contributed by atoms with Gasteiger partial charge in [0.05, 0.1) is 17.3 Å². The van der Waals surface area contributed by atoms with Crippen LogP contribution >= 0.6 is 12.4 Å². The number of hydrogen-bond donors (Lipinski definition) is 2. The summed E-state index contributed by atoms with van der Waals surface area (Å²) in [6, 6.07) is 16.9. The predicted octanol–water partition coefficient (Wildman–Crippen LogP) is 4.81. The Kier molecular flexibility index (Phi) is 4.59. The van der Waals surface area contributed by atoms with Gasteiger partial charge in [-0.05, 0) is 48.9 Å². The van der Waals surface area contributed by atoms with Crippen LogP contribution < -0.4 is 5.32 Å². The SMILES string of the molecule is Cc1ccc2nc(-c3cccc(NC(=O)c4ccco4)c3)[nH]c2c1.Cl. The molecule has 0 aliphatic carbocycles. The number of aromatic amines is 1. The van der Waals surface area contributed by atoms with Gasteiger partial charge in [-0.2, -0.15) is 0 Å². The van der Waals surface area contributed by atoms with Crippen LogP contribution in [0.2, 0.25) is 0 Å². The topological polar surface area (TPSA) is 70.9 Å². The summed E-state index contributed by atoms with van der Waals surface area (Å²) >= 11 is 0. The van der Waals surface area contributed by atoms with Crippen molar-refractivity contribution in [2.45, 2.75) is 6.92 Å². The van der Waals surface area contributed by atoms with E-state index in [1.165, 1.54) is 11.8 Å². The lowest BCUT2D eigenvalue weighted by molar-refractivity contribution is 0.0996. The minimum atomic E-state index is -0.280. The third-order valence-electron chi connectivity index (χ3n) is 3.78. The number of halogens is 1. The first-order valence-electron chi connectivity index (χ1n) is 7.61. The van der Waals surface area contributed by atoms with E-state index in [4.69, 9.17) is 4.42 Å². The molecular weight excluding hydrogens is 338 g/mol. The number of aromatic nitrogens is 2. The van der Waals surface area contributed by atoms with Gasteiger partial charge in [-0.15, -0.1) is 12.4 Å². The summed E-state index contributed by atoms with van der Waals surface area (Å²) in [6.45, 7) is 2.05. The van der Waals surface area contributed by atoms with Crippen molar-refractivity contribution in [2.24, 2.45) is 0 Å². The standard InChI is InChI=1S/C19H15N3O2.ClH/c1-12-7-8-15-16(10-12)22-18(21-15)13-4-2-5-14(11-13)20-19(23)17-6-3-9-24-17;/h2-11H,1H3,(H,20,23)(H,21,22);1H. The third-order valence-corrected chi connectivity index (χ3v) is 3.78. The highest BCUT2D eigenvalue weighted by Crippen LogP contribution is 2.24. The fourth-order valence-corrected chi connectivity index (χ4v) is 2.60. The largest absolute Gasteiger partial charge is 0.459 e. The van der Waals surface area contributed by atoms with Crippen LogP contribution in [0.25, 0.3) is 22.4 Å². The number of H-pyrrole nitrogens is 1. The average molecular weight is 354 g/mol. The maximum Gasteiger partial charge on any atom is 0.291 e. The van der Waals surface area contributed by atoms with Gasteiger partial charge in [0.2, 0.25) is 0 Å². The first-order valence-corrected chi connectivity index (χ1v) is 7.61. The fourth-order valence-electron chi connectivity index (χ4n) is 2.60. The first kappa shape index (κ1) is 16.8. The lowest BCUT2D eigenvalue weighted by Gasteiger charge is -2.04. The van der Waals surface area contributed by atoms with E-state index in [0.717, 1.165) is 22.4 Å². The van der Waals surface area contributed by atoms with Crippen LogP contribution in [0.3, 0.4) is 0 Å². The second-order valence-corrected chi connectivity index (χ2v) is 5.62. The first-order chi connectivity index (χ1) is 11.7. The van der Waals surface area contributed by atoms with Crippen LogP contribution in [0.5, 0.6) is 0 Å². The number of rotatable bonds is 3. The Bertz CT molecular complexity index is 1020. The van der Waals surface area contributed by atoms with Crippen molar-refractivity contribution in [1.29, 1.82) is 0 Å². The Balaban J connectivity index is 0.00000182. The predicted molar refractivity (Wildman–Crippen MR) is 100 cm³/mol. The Morgan fingerprint density at radius 3 is 2.80 bits per heavy atom. The zero-order valence-electron chi connectivity index (χ0n) is 13.4. The van der Waals surface area contributed by atoms with Crippen molar-refractivity contribution in [3.05, 3.63) is 72.2 Å². The zero-order chi connectivity index (χ0) is 16.5. The molecule has 0 unspecified atom stereocenters. The van der Waals surface area contributed by atoms with Crippen molar-refractivity contribution >= 4 is 35.0 Å². The summed E-state index contributed by atoms with van der Waals surface area (Å²) < 4.78 is 5.10. The van der Waals surface area contributed by atoms with Gasteiger partial charge in [0.1, 0.15) is 5.82 Å². The maximum absolute atomic E-state index is 12.1. The summed E-state index contributed by atoms with van der Waals surface area (Å²) in [5.41, 5.74) is 4.68. The Labute approximate surface area is 150 Å². The molecule has 5 nitrogen and oxygen atoms in total. The summed E-state index contributed by atoms with van der Waals surface area (Å²) in [7, 11) is 0. The molecule has 4 rings (SSSR count). The molecule has 25 heavy (non-hydrogen) atoms. The lowest BCUT2D eigenvalue weighted by Crippen LogP contribution is -2.10. The van der Waals surface area contributed by atoms with Crippen LogP contribution in [-0.2, 0) is 0 Å². The number of anilines is 1. The minimum Gasteiger partial charge on any atom is -0.459 e. The molecule has 0 radical (unpaired) electrons. The quantitative estimate of drug-likeness (QED) is 0.555. The highest BCUT2D eigenvalue weighted by Gasteiger charge is 2.10. The third kappa shape index (κ3) is 3.41. The lowest BCUT2D eigenvalue weighted by atomic mass is 10.2. The number of nitrogens with one attached hydrogen (secondary N) is 2. The minimum absolute atomic E-state index is 0. The molecule has 0 spiro atoms. The normalized spacial score (nSPS) is 10.4. The molecule has 0 atom stereocenters. The molecule has 2 heterocycles. The smallest absolute Gasteiger partial charge is 0.291 e. The van der Waals surface area contributed by atoms with Gasteiger partial charge in [-0.1, -0.05) is 18.2 Å². The molecule has 6 heteroatoms. The van der Waals surface area contributed by atoms with Gasteiger partial charge in [0, 0.05) is 11.3 Å². The second kappa shape index (κ2) is 6.83. The molecule has 4 aromatic rings. The molecule has 1 amide bonds. The molecule has 0 saturated carbocycles. The second-order valence-electron chi connectivity index (χ2n) is 5.62. The van der Waals surface area contributed by atoms with Crippen LogP contribution in [0.15, 0.2) is 65.3 Å². The molecule has 2 aromatic carbocycles. The van der Waals surface area contributed by atoms with Crippen molar-refractivity contribution in [3.63, 3.8) is 0 Å². The monoisotopic (exact) mass is 353 g/mol. The maximum atomic E-state index is 12.1. The van der Waals surface area contributed by atoms with Crippen LogP contribution in [0, 0.1) is 6.92 Å². The molecular formula is C19H16ClN3O2. The van der Waals surface area contributed by atoms with Gasteiger partial charge >= 0.3 is 0 Å². The average Bonchev–Trinajstić information content (AvgIpc) is 3.24. The highest BCUT2D eigenvalue weighted by atomic mass is 35.5. The molecule has 2 aromatic heterocycles. The van der Waals surface area contributed by atoms with Crippen LogP contribution in [0.1, 0.15) is 16.1 Å². The zero-order valence-corrected chi connectivity index (χ0v) is 14.3. The Hall–Kier alpha value is -3.05. The molecule has 0 aliphatic rings. The number of hydrogen-bond acceptors (Lipinski definition) is 3. The van der Waals surface area contributed by atoms with Crippen molar-refractivity contribution in [1.82, 2.24) is 9.97 Å². The summed E-state index contributed by atoms with van der Waals surface area (Å²) in [5.74, 6) is 0.765. The van der Waals surface area contributed by atoms with Crippen molar-refractivity contribution in [3.8, 4) is 11.4 Å². The van der Waals surface area contributed by atoms with Crippen LogP contribution in [-0.4, -0.2) is 15.9 Å². The van der Waals surface area contributed by atoms with E-state index in [0.29, 0.717) is 5.69 Å². The van der Waals surface area contributed by atoms with Gasteiger partial charge in [-0.25, -0.2) is 4.98 Å². The highest BCUT2D eigenvalue weighted by molar-refractivity contribution is 6.02. The molecule has 126 valence electrons. The van der Waals surface area contributed by atoms with E-state index in [1.807, 2.05) is 43.3 Å². The molecule has 2 N–H and O–H groups in total. The number of amides is 1. The number of benzene rings is 2. The van der Waals surface area contributed by atoms with E-state index >= 15 is 0 Å². The van der Waals surface area contributed by atoms with E-state index in [1.54, 1.807) is 12.1 Å². The molecule has 0 aliphatic heterocycles. The molecule has 0 fully saturated rings. The number of carbonyl (C=O) groups is 1. The van der Waals surface area contributed by atoms with Crippen molar-refractivity contribution < 1.29 is 9.21 Å². The number of carbonyl (C=O) groups excluding carboxylic acids is 1. The van der Waals surface area contributed by atoms with Crippen LogP contribution in [0.4, 0.5) is 5.69 Å². The summed E-state index contributed by atoms with van der Waals surface area (Å²) in [6.07, 6.45) is 1.47. The number of imidazole rings is 1. The number of furan rings is 1. The summed E-state index contributed by atoms with van der Waals surface area (Å²) in [5, 5.41) is 2.82. The van der Waals surface area contributed by atoms with Gasteiger partial charge in [-0.3, -0.25) is 4.79 Å². The van der Waals surface area contributed by atoms with E-state index in [-0.39, 0.29) is 24.1 Å². The Morgan fingerprint density at radius 2 is 2.00 bits per heavy atom. The van der Waals surface area contributed by atoms with Gasteiger partial charge in [0.15, 0.2) is 5.76 Å². The summed E-state index contributed by atoms with van der Waals surface area (Å²) in [4.78, 5) is 20.0. The Morgan fingerprint density at radius 1 is 1.12 bits per heavy atom. The van der Waals surface area contributed by atoms with Gasteiger partial charge in [0.25, 0.3) is 5.91 Å². The fraction of sp³-hybridized carbons (Fsp3) is 0.0526. The number of aryl methyl sites for hydroxylation is 1. The van der Waals surface area contributed by atoms with Crippen molar-refractivity contribution in [2.75, 3.05) is 5.32 Å². The number of fused-ring (bicyclic) bond motifs is 1. The van der Waals surface area contributed by atoms with E-state index < -0.39 is 0 Å². The van der Waals surface area contributed by atoms with Gasteiger partial charge < -0.3 is 14.7 Å². The molecule has 0 saturated heterocycles. The van der Waals surface area contributed by atoms with E-state index in [9.17, 15) is 4.79 Å².